The maximum absolute atomic E-state index is 14.2. The SMILES string of the molecule is COC(=O)OC(C)OC(=O)CN1CCC(C2CCN(C(=O)[C@@H](Cc3cc(C)c(O)c(C)c3)OC(=O)N3CCC(N4CCc5ccccc5NC4=O)CC3)CC2)CC1. The molecule has 4 aliphatic rings. The van der Waals surface area contributed by atoms with Crippen LogP contribution in [0.15, 0.2) is 36.4 Å². The number of urea groups is 1. The molecule has 4 aliphatic heterocycles. The first-order chi connectivity index (χ1) is 27.4. The fourth-order valence-corrected chi connectivity index (χ4v) is 8.84. The predicted molar refractivity (Wildman–Crippen MR) is 210 cm³/mol. The van der Waals surface area contributed by atoms with Crippen molar-refractivity contribution in [2.75, 3.05) is 64.8 Å². The molecule has 310 valence electrons. The van der Waals surface area contributed by atoms with Gasteiger partial charge in [-0.15, -0.1) is 0 Å². The molecule has 15 nitrogen and oxygen atoms in total. The fraction of sp³-hybridized carbons (Fsp3) is 0.595. The van der Waals surface area contributed by atoms with E-state index in [2.05, 4.69) is 10.1 Å². The highest BCUT2D eigenvalue weighted by Crippen LogP contribution is 2.33. The van der Waals surface area contributed by atoms with Crippen LogP contribution in [0.2, 0.25) is 0 Å². The summed E-state index contributed by atoms with van der Waals surface area (Å²) in [6.45, 7) is 9.21. The number of ether oxygens (including phenoxy) is 4. The second kappa shape index (κ2) is 18.9. The topological polar surface area (TPSA) is 167 Å². The minimum Gasteiger partial charge on any atom is -0.507 e. The molecule has 57 heavy (non-hydrogen) atoms. The van der Waals surface area contributed by atoms with Crippen molar-refractivity contribution in [1.29, 1.82) is 0 Å². The lowest BCUT2D eigenvalue weighted by Crippen LogP contribution is -2.52. The van der Waals surface area contributed by atoms with E-state index in [-0.39, 0.29) is 36.7 Å². The zero-order valence-corrected chi connectivity index (χ0v) is 33.6. The molecule has 0 spiro atoms. The van der Waals surface area contributed by atoms with Gasteiger partial charge in [0.15, 0.2) is 6.10 Å². The van der Waals surface area contributed by atoms with Crippen LogP contribution < -0.4 is 5.32 Å². The first-order valence-corrected chi connectivity index (χ1v) is 20.2. The normalized spacial score (nSPS) is 19.8. The van der Waals surface area contributed by atoms with Crippen LogP contribution in [0.1, 0.15) is 67.7 Å². The summed E-state index contributed by atoms with van der Waals surface area (Å²) in [5.74, 6) is 0.409. The highest BCUT2D eigenvalue weighted by atomic mass is 16.8. The van der Waals surface area contributed by atoms with Gasteiger partial charge in [-0.2, -0.15) is 0 Å². The van der Waals surface area contributed by atoms with E-state index >= 15 is 0 Å². The number of likely N-dealkylation sites (tertiary alicyclic amines) is 3. The van der Waals surface area contributed by atoms with Crippen LogP contribution in [0, 0.1) is 25.7 Å². The van der Waals surface area contributed by atoms with E-state index in [1.807, 2.05) is 64.9 Å². The zero-order chi connectivity index (χ0) is 40.6. The van der Waals surface area contributed by atoms with Gasteiger partial charge in [0.25, 0.3) is 5.91 Å². The van der Waals surface area contributed by atoms with Gasteiger partial charge in [-0.25, -0.2) is 14.4 Å². The Morgan fingerprint density at radius 1 is 0.825 bits per heavy atom. The van der Waals surface area contributed by atoms with Crippen LogP contribution in [-0.2, 0) is 41.4 Å². The number of carbonyl (C=O) groups excluding carboxylic acids is 5. The van der Waals surface area contributed by atoms with Crippen molar-refractivity contribution in [3.63, 3.8) is 0 Å². The van der Waals surface area contributed by atoms with Crippen molar-refractivity contribution in [1.82, 2.24) is 19.6 Å². The summed E-state index contributed by atoms with van der Waals surface area (Å²) < 4.78 is 20.5. The molecule has 15 heteroatoms. The zero-order valence-electron chi connectivity index (χ0n) is 33.6. The van der Waals surface area contributed by atoms with Crippen molar-refractivity contribution in [3.05, 3.63) is 58.7 Å². The number of methoxy groups -OCH3 is 1. The Morgan fingerprint density at radius 2 is 1.44 bits per heavy atom. The van der Waals surface area contributed by atoms with E-state index in [4.69, 9.17) is 14.2 Å². The number of aryl methyl sites for hydroxylation is 2. The highest BCUT2D eigenvalue weighted by molar-refractivity contribution is 5.91. The lowest BCUT2D eigenvalue weighted by Gasteiger charge is -2.41. The maximum Gasteiger partial charge on any atom is 0.511 e. The molecule has 4 amide bonds. The molecule has 4 heterocycles. The van der Waals surface area contributed by atoms with Crippen LogP contribution in [0.25, 0.3) is 0 Å². The molecule has 3 fully saturated rings. The van der Waals surface area contributed by atoms with Gasteiger partial charge in [-0.3, -0.25) is 14.5 Å². The van der Waals surface area contributed by atoms with E-state index < -0.39 is 30.6 Å². The first kappa shape index (κ1) is 41.6. The van der Waals surface area contributed by atoms with Crippen LogP contribution in [0.3, 0.4) is 0 Å². The molecule has 1 unspecified atom stereocenters. The molecule has 2 aromatic rings. The number of aromatic hydroxyl groups is 1. The number of anilines is 1. The van der Waals surface area contributed by atoms with Gasteiger partial charge in [0.2, 0.25) is 6.29 Å². The summed E-state index contributed by atoms with van der Waals surface area (Å²) >= 11 is 0. The molecule has 0 aliphatic carbocycles. The smallest absolute Gasteiger partial charge is 0.507 e. The molecule has 0 saturated carbocycles. The Morgan fingerprint density at radius 3 is 2.09 bits per heavy atom. The van der Waals surface area contributed by atoms with E-state index in [0.29, 0.717) is 68.5 Å². The molecule has 6 rings (SSSR count). The number of fused-ring (bicyclic) bond motifs is 1. The quantitative estimate of drug-likeness (QED) is 0.184. The second-order valence-corrected chi connectivity index (χ2v) is 15.8. The van der Waals surface area contributed by atoms with Crippen LogP contribution in [0.4, 0.5) is 20.1 Å². The number of phenols is 1. The number of para-hydroxylation sites is 1. The Hall–Kier alpha value is -5.05. The molecule has 0 aromatic heterocycles. The van der Waals surface area contributed by atoms with E-state index in [9.17, 15) is 29.1 Å². The average Bonchev–Trinajstić information content (AvgIpc) is 3.37. The van der Waals surface area contributed by atoms with Gasteiger partial charge in [-0.1, -0.05) is 30.3 Å². The molecule has 0 bridgehead atoms. The number of benzene rings is 2. The number of rotatable bonds is 10. The van der Waals surface area contributed by atoms with Crippen molar-refractivity contribution in [2.45, 2.75) is 90.6 Å². The largest absolute Gasteiger partial charge is 0.511 e. The van der Waals surface area contributed by atoms with E-state index in [0.717, 1.165) is 62.0 Å². The van der Waals surface area contributed by atoms with Crippen molar-refractivity contribution in [2.24, 2.45) is 11.8 Å². The number of esters is 1. The average molecular weight is 792 g/mol. The number of nitrogens with zero attached hydrogens (tertiary/aromatic N) is 4. The monoisotopic (exact) mass is 791 g/mol. The lowest BCUT2D eigenvalue weighted by atomic mass is 9.78. The number of nitrogens with one attached hydrogen (secondary N) is 1. The van der Waals surface area contributed by atoms with Crippen LogP contribution in [-0.4, -0.2) is 133 Å². The Kier molecular flexibility index (Phi) is 13.8. The number of phenolic OH excluding ortho intramolecular Hbond substituents is 1. The standard InChI is InChI=1S/C42H57N5O10/c1-27-23-30(24-28(2)38(27)49)25-36(57-41(52)46-20-14-34(15-21-46)47-22-13-33-7-5-6-8-35(33)43-40(47)51)39(50)45-18-11-32(12-19-45)31-9-16-44(17-10-31)26-37(48)55-29(3)56-42(53)54-4/h5-8,23-24,29,31-32,34,36,49H,9-22,25-26H2,1-4H3,(H,43,51)/t29?,36-/m1/s1. The van der Waals surface area contributed by atoms with Crippen molar-refractivity contribution >= 4 is 35.8 Å². The third-order valence-corrected chi connectivity index (χ3v) is 12.0. The minimum absolute atomic E-state index is 0.0167. The van der Waals surface area contributed by atoms with Gasteiger partial charge in [0, 0.05) is 57.8 Å². The van der Waals surface area contributed by atoms with E-state index in [1.54, 1.807) is 4.90 Å². The van der Waals surface area contributed by atoms with Gasteiger partial charge < -0.3 is 44.1 Å². The third kappa shape index (κ3) is 10.7. The fourth-order valence-electron chi connectivity index (χ4n) is 8.84. The summed E-state index contributed by atoms with van der Waals surface area (Å²) in [7, 11) is 1.18. The molecule has 3 saturated heterocycles. The lowest BCUT2D eigenvalue weighted by molar-refractivity contribution is -0.169. The first-order valence-electron chi connectivity index (χ1n) is 20.2. The maximum atomic E-state index is 14.2. The Bertz CT molecular complexity index is 1740. The third-order valence-electron chi connectivity index (χ3n) is 12.0. The number of piperidine rings is 3. The molecular weight excluding hydrogens is 734 g/mol. The molecule has 0 radical (unpaired) electrons. The number of amides is 4. The Balaban J connectivity index is 1.01. The molecule has 2 aromatic carbocycles. The number of hydrogen-bond donors (Lipinski definition) is 2. The number of hydrogen-bond acceptors (Lipinski definition) is 11. The van der Waals surface area contributed by atoms with Crippen molar-refractivity contribution < 1.29 is 48.0 Å². The molecule has 2 N–H and O–H groups in total. The predicted octanol–water partition coefficient (Wildman–Crippen LogP) is 5.23. The Labute approximate surface area is 334 Å². The van der Waals surface area contributed by atoms with E-state index in [1.165, 1.54) is 14.0 Å². The number of carbonyl (C=O) groups is 5. The van der Waals surface area contributed by atoms with Gasteiger partial charge in [-0.05, 0) is 112 Å². The van der Waals surface area contributed by atoms with Crippen LogP contribution >= 0.6 is 0 Å². The van der Waals surface area contributed by atoms with Gasteiger partial charge >= 0.3 is 24.2 Å². The minimum atomic E-state index is -1.04. The highest BCUT2D eigenvalue weighted by Gasteiger charge is 2.37. The van der Waals surface area contributed by atoms with Crippen molar-refractivity contribution in [3.8, 4) is 5.75 Å². The van der Waals surface area contributed by atoms with Crippen LogP contribution in [0.5, 0.6) is 5.75 Å². The molecular formula is C42H57N5O10. The van der Waals surface area contributed by atoms with Gasteiger partial charge in [0.05, 0.1) is 13.7 Å². The second-order valence-electron chi connectivity index (χ2n) is 15.8. The summed E-state index contributed by atoms with van der Waals surface area (Å²) in [4.78, 5) is 72.1. The summed E-state index contributed by atoms with van der Waals surface area (Å²) in [6.07, 6.45) is 2.15. The molecule has 2 atom stereocenters. The summed E-state index contributed by atoms with van der Waals surface area (Å²) in [5.41, 5.74) is 4.13. The van der Waals surface area contributed by atoms with Gasteiger partial charge in [0.1, 0.15) is 5.75 Å². The summed E-state index contributed by atoms with van der Waals surface area (Å²) in [5, 5.41) is 13.4. The summed E-state index contributed by atoms with van der Waals surface area (Å²) in [6, 6.07) is 11.4.